The van der Waals surface area contributed by atoms with Gasteiger partial charge in [-0.25, -0.2) is 4.98 Å². The summed E-state index contributed by atoms with van der Waals surface area (Å²) in [5.74, 6) is 1.51. The van der Waals surface area contributed by atoms with Gasteiger partial charge in [0.15, 0.2) is 5.82 Å². The van der Waals surface area contributed by atoms with Crippen molar-refractivity contribution in [3.05, 3.63) is 30.5 Å². The van der Waals surface area contributed by atoms with Crippen molar-refractivity contribution in [2.45, 2.75) is 12.3 Å². The van der Waals surface area contributed by atoms with Gasteiger partial charge in [-0.15, -0.1) is 0 Å². The molecule has 0 aliphatic carbocycles. The molecule has 0 spiro atoms. The zero-order chi connectivity index (χ0) is 11.0. The van der Waals surface area contributed by atoms with Gasteiger partial charge in [-0.1, -0.05) is 0 Å². The highest BCUT2D eigenvalue weighted by Gasteiger charge is 2.21. The van der Waals surface area contributed by atoms with Gasteiger partial charge in [-0.2, -0.15) is 5.10 Å². The van der Waals surface area contributed by atoms with Gasteiger partial charge < -0.3 is 5.32 Å². The van der Waals surface area contributed by atoms with Gasteiger partial charge >= 0.3 is 0 Å². The first-order valence-corrected chi connectivity index (χ1v) is 5.57. The lowest BCUT2D eigenvalue weighted by Gasteiger charge is -2.10. The van der Waals surface area contributed by atoms with Crippen LogP contribution in [0.15, 0.2) is 24.8 Å². The molecule has 2 aromatic heterocycles. The molecule has 3 heterocycles. The lowest BCUT2D eigenvalue weighted by molar-refractivity contribution is 0.694. The summed E-state index contributed by atoms with van der Waals surface area (Å²) in [7, 11) is 1.93. The Morgan fingerprint density at radius 2 is 2.44 bits per heavy atom. The molecule has 0 bridgehead atoms. The summed E-state index contributed by atoms with van der Waals surface area (Å²) in [6.07, 6.45) is 6.92. The van der Waals surface area contributed by atoms with Gasteiger partial charge in [0.1, 0.15) is 6.33 Å². The van der Waals surface area contributed by atoms with Gasteiger partial charge in [-0.05, 0) is 13.0 Å². The number of hydrogen-bond acceptors (Lipinski definition) is 3. The van der Waals surface area contributed by atoms with Crippen molar-refractivity contribution in [3.8, 4) is 5.82 Å². The summed E-state index contributed by atoms with van der Waals surface area (Å²) in [6.45, 7) is 2.14. The molecule has 1 atom stereocenters. The maximum Gasteiger partial charge on any atom is 0.160 e. The quantitative estimate of drug-likeness (QED) is 0.805. The van der Waals surface area contributed by atoms with E-state index in [-0.39, 0.29) is 0 Å². The summed E-state index contributed by atoms with van der Waals surface area (Å²) in [6, 6.07) is 2.01. The van der Waals surface area contributed by atoms with Crippen LogP contribution in [0.25, 0.3) is 5.82 Å². The molecule has 1 fully saturated rings. The zero-order valence-corrected chi connectivity index (χ0v) is 9.30. The molecule has 16 heavy (non-hydrogen) atoms. The SMILES string of the molecule is Cn1ccc(-n2cncc2C2CCNC2)n1. The van der Waals surface area contributed by atoms with E-state index in [2.05, 4.69) is 20.0 Å². The first-order valence-electron chi connectivity index (χ1n) is 5.57. The normalized spacial score (nSPS) is 20.4. The molecule has 3 rings (SSSR count). The van der Waals surface area contributed by atoms with Gasteiger partial charge in [0.2, 0.25) is 0 Å². The van der Waals surface area contributed by atoms with Crippen molar-refractivity contribution in [2.75, 3.05) is 13.1 Å². The number of imidazole rings is 1. The standard InChI is InChI=1S/C11H15N5/c1-15-5-3-11(14-15)16-8-13-7-10(16)9-2-4-12-6-9/h3,5,7-9,12H,2,4,6H2,1H3. The molecule has 5 nitrogen and oxygen atoms in total. The minimum Gasteiger partial charge on any atom is -0.316 e. The van der Waals surface area contributed by atoms with E-state index in [0.29, 0.717) is 5.92 Å². The molecule has 5 heteroatoms. The van der Waals surface area contributed by atoms with Crippen LogP contribution in [0.2, 0.25) is 0 Å². The summed E-state index contributed by atoms with van der Waals surface area (Å²) >= 11 is 0. The Morgan fingerprint density at radius 3 is 3.12 bits per heavy atom. The van der Waals surface area contributed by atoms with Crippen LogP contribution < -0.4 is 5.32 Å². The summed E-state index contributed by atoms with van der Waals surface area (Å²) < 4.78 is 3.89. The fourth-order valence-electron chi connectivity index (χ4n) is 2.24. The predicted molar refractivity (Wildman–Crippen MR) is 60.6 cm³/mol. The van der Waals surface area contributed by atoms with Crippen molar-refractivity contribution in [2.24, 2.45) is 7.05 Å². The molecule has 0 aromatic carbocycles. The monoisotopic (exact) mass is 217 g/mol. The first-order chi connectivity index (χ1) is 7.84. The fourth-order valence-corrected chi connectivity index (χ4v) is 2.24. The second-order valence-electron chi connectivity index (χ2n) is 4.23. The Kier molecular flexibility index (Phi) is 2.25. The van der Waals surface area contributed by atoms with Crippen LogP contribution >= 0.6 is 0 Å². The molecule has 0 amide bonds. The smallest absolute Gasteiger partial charge is 0.160 e. The number of aromatic nitrogens is 4. The van der Waals surface area contributed by atoms with Gasteiger partial charge in [0, 0.05) is 43.7 Å². The molecule has 84 valence electrons. The van der Waals surface area contributed by atoms with Crippen LogP contribution in [0.4, 0.5) is 0 Å². The Hall–Kier alpha value is -1.62. The number of aryl methyl sites for hydroxylation is 1. The molecule has 1 aliphatic heterocycles. The lowest BCUT2D eigenvalue weighted by atomic mass is 10.1. The Labute approximate surface area is 94.1 Å². The van der Waals surface area contributed by atoms with Crippen molar-refractivity contribution in [1.29, 1.82) is 0 Å². The summed E-state index contributed by atoms with van der Waals surface area (Å²) in [4.78, 5) is 4.24. The van der Waals surface area contributed by atoms with Crippen LogP contribution in [0.3, 0.4) is 0 Å². The first kappa shape index (κ1) is 9.59. The second-order valence-corrected chi connectivity index (χ2v) is 4.23. The molecule has 1 saturated heterocycles. The highest BCUT2D eigenvalue weighted by Crippen LogP contribution is 2.23. The molecule has 2 aromatic rings. The minimum absolute atomic E-state index is 0.560. The summed E-state index contributed by atoms with van der Waals surface area (Å²) in [5, 5.41) is 7.78. The number of rotatable bonds is 2. The zero-order valence-electron chi connectivity index (χ0n) is 9.30. The molecule has 0 saturated carbocycles. The van der Waals surface area contributed by atoms with Crippen molar-refractivity contribution < 1.29 is 0 Å². The van der Waals surface area contributed by atoms with Crippen molar-refractivity contribution in [3.63, 3.8) is 0 Å². The summed E-state index contributed by atoms with van der Waals surface area (Å²) in [5.41, 5.74) is 1.25. The Bertz CT molecular complexity index is 478. The minimum atomic E-state index is 0.560. The molecule has 1 unspecified atom stereocenters. The maximum absolute atomic E-state index is 4.40. The fraction of sp³-hybridized carbons (Fsp3) is 0.455. The van der Waals surface area contributed by atoms with E-state index in [4.69, 9.17) is 0 Å². The van der Waals surface area contributed by atoms with E-state index >= 15 is 0 Å². The average molecular weight is 217 g/mol. The maximum atomic E-state index is 4.40. The predicted octanol–water partition coefficient (Wildman–Crippen LogP) is 0.683. The van der Waals surface area contributed by atoms with E-state index in [1.165, 1.54) is 12.1 Å². The highest BCUT2D eigenvalue weighted by molar-refractivity contribution is 5.26. The van der Waals surface area contributed by atoms with E-state index in [1.807, 2.05) is 36.5 Å². The van der Waals surface area contributed by atoms with Gasteiger partial charge in [-0.3, -0.25) is 9.25 Å². The van der Waals surface area contributed by atoms with Crippen LogP contribution in [-0.4, -0.2) is 32.4 Å². The van der Waals surface area contributed by atoms with E-state index in [9.17, 15) is 0 Å². The lowest BCUT2D eigenvalue weighted by Crippen LogP contribution is -2.11. The second kappa shape index (κ2) is 3.75. The van der Waals surface area contributed by atoms with Crippen LogP contribution in [0.5, 0.6) is 0 Å². The topological polar surface area (TPSA) is 47.7 Å². The third kappa shape index (κ3) is 1.53. The molecule has 0 radical (unpaired) electrons. The van der Waals surface area contributed by atoms with Crippen molar-refractivity contribution >= 4 is 0 Å². The van der Waals surface area contributed by atoms with Crippen LogP contribution in [-0.2, 0) is 7.05 Å². The third-order valence-corrected chi connectivity index (χ3v) is 3.09. The average Bonchev–Trinajstić information content (AvgIpc) is 2.96. The van der Waals surface area contributed by atoms with Crippen molar-refractivity contribution in [1.82, 2.24) is 24.6 Å². The highest BCUT2D eigenvalue weighted by atomic mass is 15.3. The van der Waals surface area contributed by atoms with Gasteiger partial charge in [0.05, 0.1) is 0 Å². The van der Waals surface area contributed by atoms with E-state index < -0.39 is 0 Å². The van der Waals surface area contributed by atoms with Crippen LogP contribution in [0, 0.1) is 0 Å². The number of nitrogens with one attached hydrogen (secondary N) is 1. The van der Waals surface area contributed by atoms with Gasteiger partial charge in [0.25, 0.3) is 0 Å². The number of nitrogens with zero attached hydrogens (tertiary/aromatic N) is 4. The van der Waals surface area contributed by atoms with Crippen LogP contribution in [0.1, 0.15) is 18.0 Å². The largest absolute Gasteiger partial charge is 0.316 e. The molecular formula is C11H15N5. The van der Waals surface area contributed by atoms with E-state index in [0.717, 1.165) is 18.9 Å². The Balaban J connectivity index is 1.98. The number of hydrogen-bond donors (Lipinski definition) is 1. The third-order valence-electron chi connectivity index (χ3n) is 3.09. The molecule has 1 aliphatic rings. The van der Waals surface area contributed by atoms with E-state index in [1.54, 1.807) is 0 Å². The Morgan fingerprint density at radius 1 is 1.50 bits per heavy atom. The molecule has 1 N–H and O–H groups in total. The molecular weight excluding hydrogens is 202 g/mol.